The summed E-state index contributed by atoms with van der Waals surface area (Å²) in [5.41, 5.74) is 2.44. The van der Waals surface area contributed by atoms with E-state index in [1.807, 2.05) is 42.5 Å². The Morgan fingerprint density at radius 1 is 0.833 bits per heavy atom. The van der Waals surface area contributed by atoms with E-state index in [2.05, 4.69) is 28.5 Å². The third-order valence-corrected chi connectivity index (χ3v) is 4.20. The fourth-order valence-electron chi connectivity index (χ4n) is 1.81. The second-order valence-electron chi connectivity index (χ2n) is 3.75. The summed E-state index contributed by atoms with van der Waals surface area (Å²) in [6, 6.07) is 20.6. The Balaban J connectivity index is 2.45. The number of hydrogen-bond donors (Lipinski definition) is 0. The zero-order valence-electron chi connectivity index (χ0n) is 9.54. The van der Waals surface area contributed by atoms with E-state index in [9.17, 15) is 0 Å². The Kier molecular flexibility index (Phi) is 5.35. The predicted molar refractivity (Wildman–Crippen MR) is 76.0 cm³/mol. The van der Waals surface area contributed by atoms with Gasteiger partial charge < -0.3 is 0 Å². The summed E-state index contributed by atoms with van der Waals surface area (Å²) in [5, 5.41) is 0. The molecule has 2 aromatic carbocycles. The van der Waals surface area contributed by atoms with Gasteiger partial charge in [0.2, 0.25) is 0 Å². The number of halogens is 2. The molecular weight excluding hydrogens is 352 g/mol. The second-order valence-corrected chi connectivity index (χ2v) is 9.13. The van der Waals surface area contributed by atoms with Gasteiger partial charge in [-0.2, -0.15) is 0 Å². The molecule has 0 radical (unpaired) electrons. The minimum absolute atomic E-state index is 0.168. The van der Waals surface area contributed by atoms with E-state index in [4.69, 9.17) is 19.4 Å². The molecule has 2 rings (SSSR count). The zero-order valence-corrected chi connectivity index (χ0v) is 12.8. The average molecular weight is 364 g/mol. The molecule has 0 spiro atoms. The molecule has 0 atom stereocenters. The molecule has 0 nitrogen and oxygen atoms in total. The Labute approximate surface area is 120 Å². The van der Waals surface area contributed by atoms with Crippen LogP contribution in [0.2, 0.25) is 0 Å². The first-order valence-electron chi connectivity index (χ1n) is 5.46. The molecule has 0 aliphatic heterocycles. The fraction of sp³-hybridized carbons (Fsp3) is 0.0667. The molecule has 0 unspecified atom stereocenters. The third kappa shape index (κ3) is 3.90. The van der Waals surface area contributed by atoms with Gasteiger partial charge in [-0.05, 0) is 0 Å². The molecule has 3 heteroatoms. The molecule has 0 saturated carbocycles. The molecule has 2 aromatic rings. The average Bonchev–Trinajstić information content (AvgIpc) is 2.41. The van der Waals surface area contributed by atoms with Crippen molar-refractivity contribution in [2.45, 2.75) is 5.92 Å². The van der Waals surface area contributed by atoms with Crippen LogP contribution in [0, 0.1) is 0 Å². The minimum atomic E-state index is -1.87. The van der Waals surface area contributed by atoms with Gasteiger partial charge >= 0.3 is 121 Å². The van der Waals surface area contributed by atoms with Gasteiger partial charge in [-0.15, -0.1) is 0 Å². The van der Waals surface area contributed by atoms with Gasteiger partial charge in [-0.3, -0.25) is 0 Å². The maximum absolute atomic E-state index is 5.86. The van der Waals surface area contributed by atoms with Crippen LogP contribution >= 0.6 is 19.4 Å². The van der Waals surface area contributed by atoms with Crippen molar-refractivity contribution in [2.24, 2.45) is 0 Å². The van der Waals surface area contributed by atoms with Crippen LogP contribution in [-0.4, -0.2) is 4.26 Å². The quantitative estimate of drug-likeness (QED) is 0.693. The third-order valence-electron chi connectivity index (χ3n) is 2.62. The van der Waals surface area contributed by atoms with Crippen LogP contribution in [-0.2, 0) is 13.5 Å². The Bertz CT molecular complexity index is 514. The van der Waals surface area contributed by atoms with Crippen LogP contribution in [0.5, 0.6) is 0 Å². The van der Waals surface area contributed by atoms with E-state index in [0.29, 0.717) is 0 Å². The topological polar surface area (TPSA) is 0 Å². The van der Waals surface area contributed by atoms with Crippen LogP contribution < -0.4 is 0 Å². The first kappa shape index (κ1) is 13.7. The predicted octanol–water partition coefficient (Wildman–Crippen LogP) is 4.70. The number of hydrogen-bond acceptors (Lipinski definition) is 0. The van der Waals surface area contributed by atoms with E-state index in [0.717, 1.165) is 0 Å². The molecule has 0 aliphatic carbocycles. The van der Waals surface area contributed by atoms with Crippen LogP contribution in [0.4, 0.5) is 0 Å². The zero-order chi connectivity index (χ0) is 12.8. The van der Waals surface area contributed by atoms with Gasteiger partial charge in [-0.1, -0.05) is 0 Å². The fourth-order valence-corrected chi connectivity index (χ4v) is 2.84. The molecule has 0 bridgehead atoms. The molecule has 0 amide bonds. The summed E-state index contributed by atoms with van der Waals surface area (Å²) in [4.78, 5) is 0. The first-order valence-corrected chi connectivity index (χ1v) is 10.8. The molecule has 0 fully saturated rings. The summed E-state index contributed by atoms with van der Waals surface area (Å²) in [5.74, 6) is 0.168. The summed E-state index contributed by atoms with van der Waals surface area (Å²) in [6.07, 6.45) is 1.99. The van der Waals surface area contributed by atoms with Crippen molar-refractivity contribution in [3.63, 3.8) is 0 Å². The molecule has 0 aliphatic rings. The van der Waals surface area contributed by atoms with Crippen LogP contribution in [0.15, 0.2) is 66.7 Å². The second kappa shape index (κ2) is 7.02. The molecule has 0 saturated heterocycles. The number of allylic oxidation sites excluding steroid dienone is 1. The molecular formula is C15H12Cl2Ru. The first-order chi connectivity index (χ1) is 8.77. The van der Waals surface area contributed by atoms with E-state index in [1.54, 1.807) is 0 Å². The standard InChI is InChI=1S/C15H12.2ClH.Ru/c1-2-15(13-9-5-3-6-10-13)14-11-7-4-8-12-14;;;/h2-12,15H;2*1H;/q;;;+2/p-2. The van der Waals surface area contributed by atoms with Crippen LogP contribution in [0.3, 0.4) is 0 Å². The number of rotatable bonds is 3. The van der Waals surface area contributed by atoms with Crippen molar-refractivity contribution in [3.05, 3.63) is 77.9 Å². The molecule has 0 aromatic heterocycles. The van der Waals surface area contributed by atoms with Crippen LogP contribution in [0.25, 0.3) is 0 Å². The summed E-state index contributed by atoms with van der Waals surface area (Å²) in [7, 11) is 11.7. The SMILES string of the molecule is [Cl][Ru]([Cl])=[C]=CC(c1ccccc1)c1ccccc1. The number of benzene rings is 2. The molecule has 94 valence electrons. The van der Waals surface area contributed by atoms with Gasteiger partial charge in [-0.25, -0.2) is 0 Å². The van der Waals surface area contributed by atoms with Crippen molar-refractivity contribution >= 4 is 23.6 Å². The monoisotopic (exact) mass is 364 g/mol. The van der Waals surface area contributed by atoms with Crippen LogP contribution in [0.1, 0.15) is 17.0 Å². The van der Waals surface area contributed by atoms with Gasteiger partial charge in [0.05, 0.1) is 0 Å². The van der Waals surface area contributed by atoms with E-state index in [1.165, 1.54) is 11.1 Å². The van der Waals surface area contributed by atoms with Crippen molar-refractivity contribution < 1.29 is 13.5 Å². The Hall–Kier alpha value is -0.707. The Morgan fingerprint density at radius 3 is 1.67 bits per heavy atom. The summed E-state index contributed by atoms with van der Waals surface area (Å²) >= 11 is -1.87. The van der Waals surface area contributed by atoms with Gasteiger partial charge in [0, 0.05) is 0 Å². The molecule has 0 heterocycles. The summed E-state index contributed by atoms with van der Waals surface area (Å²) in [6.45, 7) is 0. The Morgan fingerprint density at radius 2 is 1.28 bits per heavy atom. The van der Waals surface area contributed by atoms with E-state index < -0.39 is 13.5 Å². The normalized spacial score (nSPS) is 10.9. The van der Waals surface area contributed by atoms with E-state index in [-0.39, 0.29) is 5.92 Å². The van der Waals surface area contributed by atoms with Crippen molar-refractivity contribution in [3.8, 4) is 0 Å². The van der Waals surface area contributed by atoms with Gasteiger partial charge in [0.15, 0.2) is 0 Å². The van der Waals surface area contributed by atoms with Crippen molar-refractivity contribution in [2.75, 3.05) is 0 Å². The van der Waals surface area contributed by atoms with Crippen molar-refractivity contribution in [1.29, 1.82) is 0 Å². The van der Waals surface area contributed by atoms with E-state index >= 15 is 0 Å². The molecule has 18 heavy (non-hydrogen) atoms. The maximum atomic E-state index is 5.86. The van der Waals surface area contributed by atoms with Gasteiger partial charge in [0.1, 0.15) is 0 Å². The van der Waals surface area contributed by atoms with Gasteiger partial charge in [0.25, 0.3) is 0 Å². The molecule has 0 N–H and O–H groups in total. The summed E-state index contributed by atoms with van der Waals surface area (Å²) < 4.78 is 3.09. The van der Waals surface area contributed by atoms with Crippen molar-refractivity contribution in [1.82, 2.24) is 0 Å².